The number of nitrogens with two attached hydrogens (primary N) is 1. The van der Waals surface area contributed by atoms with E-state index >= 15 is 0 Å². The van der Waals surface area contributed by atoms with Crippen LogP contribution >= 0.6 is 11.3 Å². The van der Waals surface area contributed by atoms with Crippen LogP contribution in [0.1, 0.15) is 30.7 Å². The van der Waals surface area contributed by atoms with E-state index in [4.69, 9.17) is 10.7 Å². The van der Waals surface area contributed by atoms with Crippen molar-refractivity contribution in [2.45, 2.75) is 37.6 Å². The summed E-state index contributed by atoms with van der Waals surface area (Å²) in [7, 11) is 0. The summed E-state index contributed by atoms with van der Waals surface area (Å²) >= 11 is 1.74. The van der Waals surface area contributed by atoms with E-state index in [-0.39, 0.29) is 5.54 Å². The van der Waals surface area contributed by atoms with Gasteiger partial charge < -0.3 is 5.73 Å². The molecule has 1 aliphatic rings. The molecular weight excluding hydrogens is 240 g/mol. The van der Waals surface area contributed by atoms with Crippen molar-refractivity contribution < 1.29 is 0 Å². The van der Waals surface area contributed by atoms with Gasteiger partial charge in [-0.25, -0.2) is 4.98 Å². The SMILES string of the molecule is NC1(Cc2nc(-c3ccccc3)cs2)CCCC1. The molecule has 0 atom stereocenters. The number of hydrogen-bond acceptors (Lipinski definition) is 3. The first-order valence-electron chi connectivity index (χ1n) is 6.54. The van der Waals surface area contributed by atoms with Crippen LogP contribution in [-0.4, -0.2) is 10.5 Å². The van der Waals surface area contributed by atoms with Crippen LogP contribution in [-0.2, 0) is 6.42 Å². The van der Waals surface area contributed by atoms with Gasteiger partial charge in [0.15, 0.2) is 0 Å². The Labute approximate surface area is 112 Å². The molecule has 1 aromatic carbocycles. The van der Waals surface area contributed by atoms with Crippen molar-refractivity contribution in [3.8, 4) is 11.3 Å². The molecule has 1 aromatic heterocycles. The Morgan fingerprint density at radius 2 is 1.89 bits per heavy atom. The van der Waals surface area contributed by atoms with Gasteiger partial charge in [0.1, 0.15) is 0 Å². The smallest absolute Gasteiger partial charge is 0.0950 e. The summed E-state index contributed by atoms with van der Waals surface area (Å²) in [6.45, 7) is 0. The number of benzene rings is 1. The van der Waals surface area contributed by atoms with E-state index in [1.807, 2.05) is 6.07 Å². The molecule has 18 heavy (non-hydrogen) atoms. The average molecular weight is 258 g/mol. The Kier molecular flexibility index (Phi) is 3.18. The van der Waals surface area contributed by atoms with Gasteiger partial charge in [-0.1, -0.05) is 43.2 Å². The number of rotatable bonds is 3. The molecule has 94 valence electrons. The third kappa shape index (κ3) is 2.47. The second-order valence-electron chi connectivity index (χ2n) is 5.24. The van der Waals surface area contributed by atoms with E-state index in [2.05, 4.69) is 29.6 Å². The zero-order valence-corrected chi connectivity index (χ0v) is 11.2. The molecule has 1 saturated carbocycles. The minimum absolute atomic E-state index is 0.00577. The van der Waals surface area contributed by atoms with Crippen molar-refractivity contribution in [2.24, 2.45) is 5.73 Å². The van der Waals surface area contributed by atoms with E-state index in [1.54, 1.807) is 11.3 Å². The lowest BCUT2D eigenvalue weighted by Gasteiger charge is -2.21. The molecule has 2 aromatic rings. The summed E-state index contributed by atoms with van der Waals surface area (Å²) in [5.74, 6) is 0. The first kappa shape index (κ1) is 11.9. The highest BCUT2D eigenvalue weighted by molar-refractivity contribution is 7.09. The molecule has 0 saturated heterocycles. The maximum absolute atomic E-state index is 6.41. The van der Waals surface area contributed by atoms with Crippen LogP contribution < -0.4 is 5.73 Å². The van der Waals surface area contributed by atoms with Gasteiger partial charge in [-0.2, -0.15) is 0 Å². The van der Waals surface area contributed by atoms with Gasteiger partial charge in [0, 0.05) is 22.9 Å². The van der Waals surface area contributed by atoms with E-state index in [1.165, 1.54) is 23.4 Å². The first-order chi connectivity index (χ1) is 8.75. The minimum Gasteiger partial charge on any atom is -0.325 e. The average Bonchev–Trinajstić information content (AvgIpc) is 3.00. The molecule has 0 aliphatic heterocycles. The highest BCUT2D eigenvalue weighted by atomic mass is 32.1. The molecule has 0 radical (unpaired) electrons. The second-order valence-corrected chi connectivity index (χ2v) is 6.18. The standard InChI is InChI=1S/C15H18N2S/c16-15(8-4-5-9-15)10-14-17-13(11-18-14)12-6-2-1-3-7-12/h1-3,6-7,11H,4-5,8-10,16H2. The largest absolute Gasteiger partial charge is 0.325 e. The molecule has 1 fully saturated rings. The van der Waals surface area contributed by atoms with Crippen molar-refractivity contribution in [1.29, 1.82) is 0 Å². The Morgan fingerprint density at radius 3 is 2.61 bits per heavy atom. The second kappa shape index (κ2) is 4.82. The monoisotopic (exact) mass is 258 g/mol. The van der Waals surface area contributed by atoms with Gasteiger partial charge in [-0.15, -0.1) is 11.3 Å². The lowest BCUT2D eigenvalue weighted by atomic mass is 9.95. The summed E-state index contributed by atoms with van der Waals surface area (Å²) in [6.07, 6.45) is 5.77. The normalized spacial score (nSPS) is 18.1. The number of thiazole rings is 1. The predicted molar refractivity (Wildman–Crippen MR) is 76.6 cm³/mol. The van der Waals surface area contributed by atoms with Gasteiger partial charge >= 0.3 is 0 Å². The maximum atomic E-state index is 6.41. The lowest BCUT2D eigenvalue weighted by molar-refractivity contribution is 0.436. The van der Waals surface area contributed by atoms with Crippen molar-refractivity contribution in [1.82, 2.24) is 4.98 Å². The Morgan fingerprint density at radius 1 is 1.17 bits per heavy atom. The molecule has 0 bridgehead atoms. The summed E-state index contributed by atoms with van der Waals surface area (Å²) in [5, 5.41) is 3.32. The zero-order valence-electron chi connectivity index (χ0n) is 10.4. The molecular formula is C15H18N2S. The van der Waals surface area contributed by atoms with Crippen molar-refractivity contribution in [2.75, 3.05) is 0 Å². The first-order valence-corrected chi connectivity index (χ1v) is 7.42. The third-order valence-corrected chi connectivity index (χ3v) is 4.57. The van der Waals surface area contributed by atoms with Gasteiger partial charge in [0.05, 0.1) is 10.7 Å². The Balaban J connectivity index is 1.78. The molecule has 0 unspecified atom stereocenters. The van der Waals surface area contributed by atoms with Gasteiger partial charge in [-0.05, 0) is 12.8 Å². The summed E-state index contributed by atoms with van der Waals surface area (Å²) < 4.78 is 0. The highest BCUT2D eigenvalue weighted by Crippen LogP contribution is 2.32. The van der Waals surface area contributed by atoms with E-state index < -0.39 is 0 Å². The summed E-state index contributed by atoms with van der Waals surface area (Å²) in [5.41, 5.74) is 8.68. The van der Waals surface area contributed by atoms with Gasteiger partial charge in [0.25, 0.3) is 0 Å². The molecule has 1 aliphatic carbocycles. The van der Waals surface area contributed by atoms with Crippen LogP contribution in [0.15, 0.2) is 35.7 Å². The number of nitrogens with zero attached hydrogens (tertiary/aromatic N) is 1. The quantitative estimate of drug-likeness (QED) is 0.913. The predicted octanol–water partition coefficient (Wildman–Crippen LogP) is 3.62. The van der Waals surface area contributed by atoms with Crippen molar-refractivity contribution >= 4 is 11.3 Å². The molecule has 3 rings (SSSR count). The summed E-state index contributed by atoms with van der Waals surface area (Å²) in [6, 6.07) is 10.3. The van der Waals surface area contributed by atoms with Crippen LogP contribution in [0.5, 0.6) is 0 Å². The van der Waals surface area contributed by atoms with Crippen LogP contribution in [0.2, 0.25) is 0 Å². The van der Waals surface area contributed by atoms with Gasteiger partial charge in [-0.3, -0.25) is 0 Å². The lowest BCUT2D eigenvalue weighted by Crippen LogP contribution is -2.38. The van der Waals surface area contributed by atoms with Crippen molar-refractivity contribution in [3.05, 3.63) is 40.7 Å². The zero-order chi connectivity index (χ0) is 12.4. The fraction of sp³-hybridized carbons (Fsp3) is 0.400. The Hall–Kier alpha value is -1.19. The van der Waals surface area contributed by atoms with Crippen molar-refractivity contribution in [3.63, 3.8) is 0 Å². The van der Waals surface area contributed by atoms with E-state index in [0.717, 1.165) is 25.0 Å². The topological polar surface area (TPSA) is 38.9 Å². The molecule has 0 spiro atoms. The van der Waals surface area contributed by atoms with Crippen LogP contribution in [0, 0.1) is 0 Å². The molecule has 0 amide bonds. The van der Waals surface area contributed by atoms with Crippen LogP contribution in [0.3, 0.4) is 0 Å². The van der Waals surface area contributed by atoms with E-state index in [9.17, 15) is 0 Å². The van der Waals surface area contributed by atoms with Crippen LogP contribution in [0.4, 0.5) is 0 Å². The fourth-order valence-electron chi connectivity index (χ4n) is 2.69. The Bertz CT molecular complexity index is 512. The summed E-state index contributed by atoms with van der Waals surface area (Å²) in [4.78, 5) is 4.73. The van der Waals surface area contributed by atoms with E-state index in [0.29, 0.717) is 0 Å². The number of aromatic nitrogens is 1. The molecule has 2 N–H and O–H groups in total. The molecule has 1 heterocycles. The maximum Gasteiger partial charge on any atom is 0.0950 e. The highest BCUT2D eigenvalue weighted by Gasteiger charge is 2.30. The molecule has 3 heteroatoms. The molecule has 2 nitrogen and oxygen atoms in total. The minimum atomic E-state index is 0.00577. The van der Waals surface area contributed by atoms with Gasteiger partial charge in [0.2, 0.25) is 0 Å². The number of hydrogen-bond donors (Lipinski definition) is 1. The van der Waals surface area contributed by atoms with Crippen LogP contribution in [0.25, 0.3) is 11.3 Å². The third-order valence-electron chi connectivity index (χ3n) is 3.72. The fourth-order valence-corrected chi connectivity index (χ4v) is 3.65.